The van der Waals surface area contributed by atoms with Crippen LogP contribution in [0.5, 0.6) is 0 Å². The Hall–Kier alpha value is -7.80. The molecule has 0 atom stereocenters. The van der Waals surface area contributed by atoms with Crippen LogP contribution in [0, 0.1) is 5.41 Å². The van der Waals surface area contributed by atoms with Crippen LogP contribution in [-0.2, 0) is 87.7 Å². The van der Waals surface area contributed by atoms with Crippen molar-refractivity contribution in [1.82, 2.24) is 10.6 Å². The van der Waals surface area contributed by atoms with Crippen LogP contribution in [0.3, 0.4) is 0 Å². The maximum atomic E-state index is 13.8. The first-order chi connectivity index (χ1) is 56.9. The molecule has 18 rings (SSSR count). The van der Waals surface area contributed by atoms with E-state index in [0.717, 1.165) is 105 Å². The van der Waals surface area contributed by atoms with Crippen molar-refractivity contribution in [2.24, 2.45) is 11.1 Å². The lowest BCUT2D eigenvalue weighted by Crippen LogP contribution is -2.57. The summed E-state index contributed by atoms with van der Waals surface area (Å²) >= 11 is 0. The molecule has 6 aromatic carbocycles. The van der Waals surface area contributed by atoms with E-state index in [1.807, 2.05) is 183 Å². The molecule has 6 aromatic rings. The van der Waals surface area contributed by atoms with Crippen LogP contribution < -0.4 is 57.8 Å². The van der Waals surface area contributed by atoms with Crippen molar-refractivity contribution in [1.29, 1.82) is 0 Å². The van der Waals surface area contributed by atoms with Gasteiger partial charge in [-0.05, 0) is 284 Å². The summed E-state index contributed by atoms with van der Waals surface area (Å²) in [4.78, 5) is 84.9. The van der Waals surface area contributed by atoms with E-state index in [4.69, 9.17) is 43.0 Å². The standard InChI is InChI=1S/C33H39BN2O3.C25H37BN2O4.C20H29BN2O3.C20H26BNO4/c1-31(2)27-18-17-24(34-38-32(3,4)33(5,6)39-34)19-28(27)36(30(31)37)26-20-25(21-26)35-29(22-13-9-7-10-14-22)23-15-11-8-12-16-23;1-22(2,3)20(29)27-16-13-17(14-16)28-19-12-15(10-11-18(19)23(4,5)21(28)30)26-31-24(6,7)25(8,9)32-26;1-18(2)15-8-7-12(21-25-19(3,4)20(5,6)26-21)9-16(15)23(17(18)24)14-10-13(22)11-14;1-18(2)15-8-7-12(21-25-19(3,4)20(5,6)26-21)9-16(15)22(17(18)24)13-10-14(23)11-13/h7-19,25-26,29,35H,20-21H2,1-6H3;10-12,16-17H,13-14H2,1-9H3,(H,27,29);7-9,13-14H,10-11,22H2,1-6H3;7-9,13H,10-11H2,1-6H3. The highest BCUT2D eigenvalue weighted by Gasteiger charge is 2.60. The van der Waals surface area contributed by atoms with Gasteiger partial charge in [-0.15, -0.1) is 0 Å². The van der Waals surface area contributed by atoms with Crippen LogP contribution in [-0.4, -0.2) is 151 Å². The average molecular weight is 1670 g/mol. The van der Waals surface area contributed by atoms with Crippen LogP contribution in [0.4, 0.5) is 22.7 Å². The summed E-state index contributed by atoms with van der Waals surface area (Å²) < 4.78 is 49.9. The number of amides is 5. The van der Waals surface area contributed by atoms with Gasteiger partial charge in [-0.3, -0.25) is 28.8 Å². The number of benzene rings is 6. The fourth-order valence-electron chi connectivity index (χ4n) is 18.8. The number of hydrogen-bond acceptors (Lipinski definition) is 16. The Morgan fingerprint density at radius 3 is 0.846 bits per heavy atom. The predicted octanol–water partition coefficient (Wildman–Crippen LogP) is 13.3. The summed E-state index contributed by atoms with van der Waals surface area (Å²) in [6, 6.07) is 47.0. The van der Waals surface area contributed by atoms with Gasteiger partial charge in [-0.1, -0.05) is 130 Å². The zero-order valence-corrected chi connectivity index (χ0v) is 77.9. The predicted molar refractivity (Wildman–Crippen MR) is 489 cm³/mol. The third kappa shape index (κ3) is 15.7. The minimum Gasteiger partial charge on any atom is -0.399 e. The van der Waals surface area contributed by atoms with Crippen LogP contribution >= 0.6 is 0 Å². The first kappa shape index (κ1) is 90.0. The maximum absolute atomic E-state index is 13.8. The number of fused-ring (bicyclic) bond motifs is 4. The van der Waals surface area contributed by atoms with Crippen LogP contribution in [0.2, 0.25) is 0 Å². The summed E-state index contributed by atoms with van der Waals surface area (Å²) in [7, 11) is -1.80. The lowest BCUT2D eigenvalue weighted by molar-refractivity contribution is -0.130. The zero-order valence-electron chi connectivity index (χ0n) is 77.9. The van der Waals surface area contributed by atoms with Gasteiger partial charge in [-0.25, -0.2) is 0 Å². The second kappa shape index (κ2) is 30.7. The Morgan fingerprint density at radius 2 is 0.602 bits per heavy atom. The molecule has 123 heavy (non-hydrogen) atoms. The van der Waals surface area contributed by atoms with Crippen molar-refractivity contribution in [3.63, 3.8) is 0 Å². The Bertz CT molecular complexity index is 5040. The molecule has 21 nitrogen and oxygen atoms in total. The van der Waals surface area contributed by atoms with E-state index in [1.54, 1.807) is 0 Å². The molecule has 5 amide bonds. The molecule has 12 aliphatic rings. The van der Waals surface area contributed by atoms with Gasteiger partial charge >= 0.3 is 28.5 Å². The highest BCUT2D eigenvalue weighted by molar-refractivity contribution is 6.64. The molecule has 4 N–H and O–H groups in total. The molecular weight excluding hydrogens is 1540 g/mol. The highest BCUT2D eigenvalue weighted by Crippen LogP contribution is 2.52. The van der Waals surface area contributed by atoms with E-state index in [-0.39, 0.29) is 88.8 Å². The minimum atomic E-state index is -0.581. The van der Waals surface area contributed by atoms with Crippen molar-refractivity contribution in [2.75, 3.05) is 19.6 Å². The Labute approximate surface area is 731 Å². The largest absolute Gasteiger partial charge is 0.494 e. The molecule has 25 heteroatoms. The molecule has 8 aliphatic heterocycles. The second-order valence-corrected chi connectivity index (χ2v) is 43.9. The van der Waals surface area contributed by atoms with E-state index in [1.165, 1.54) is 11.1 Å². The second-order valence-electron chi connectivity index (χ2n) is 43.9. The lowest BCUT2D eigenvalue weighted by Gasteiger charge is -2.44. The van der Waals surface area contributed by atoms with Crippen molar-refractivity contribution in [3.8, 4) is 0 Å². The number of nitrogens with one attached hydrogen (secondary N) is 2. The average Bonchev–Trinajstić information content (AvgIpc) is 1.58. The number of nitrogens with zero attached hydrogens (tertiary/aromatic N) is 4. The Balaban J connectivity index is 0.000000129. The number of carbonyl (C=O) groups excluding carboxylic acids is 6. The van der Waals surface area contributed by atoms with Gasteiger partial charge < -0.3 is 73.2 Å². The van der Waals surface area contributed by atoms with Gasteiger partial charge in [0.25, 0.3) is 0 Å². The van der Waals surface area contributed by atoms with E-state index >= 15 is 0 Å². The van der Waals surface area contributed by atoms with Crippen molar-refractivity contribution < 1.29 is 66.0 Å². The van der Waals surface area contributed by atoms with E-state index in [9.17, 15) is 28.8 Å². The molecule has 8 heterocycles. The zero-order chi connectivity index (χ0) is 89.6. The number of nitrogens with two attached hydrogens (primary N) is 1. The summed E-state index contributed by atoms with van der Waals surface area (Å²) in [6.07, 6.45) is 5.98. The lowest BCUT2D eigenvalue weighted by atomic mass is 9.76. The molecule has 4 aliphatic carbocycles. The molecule has 654 valence electrons. The van der Waals surface area contributed by atoms with Crippen LogP contribution in [0.1, 0.15) is 278 Å². The summed E-state index contributed by atoms with van der Waals surface area (Å²) in [5, 5.41) is 7.02. The molecule has 4 saturated carbocycles. The quantitative estimate of drug-likeness (QED) is 0.0911. The van der Waals surface area contributed by atoms with Crippen molar-refractivity contribution in [2.45, 2.75) is 353 Å². The molecule has 0 radical (unpaired) electrons. The minimum absolute atomic E-state index is 0.0240. The van der Waals surface area contributed by atoms with Crippen LogP contribution in [0.15, 0.2) is 133 Å². The van der Waals surface area contributed by atoms with Crippen molar-refractivity contribution >= 4 is 108 Å². The normalized spacial score (nSPS) is 27.2. The highest BCUT2D eigenvalue weighted by atomic mass is 16.7. The number of carbonyl (C=O) groups is 6. The molecule has 8 fully saturated rings. The molecule has 0 spiro atoms. The monoisotopic (exact) mass is 1670 g/mol. The third-order valence-electron chi connectivity index (χ3n) is 30.4. The van der Waals surface area contributed by atoms with Gasteiger partial charge in [0, 0.05) is 77.3 Å². The number of rotatable bonds is 13. The first-order valence-corrected chi connectivity index (χ1v) is 44.7. The van der Waals surface area contributed by atoms with Gasteiger partial charge in [-0.2, -0.15) is 0 Å². The molecular formula is C98H131B4N7O14. The number of anilines is 4. The first-order valence-electron chi connectivity index (χ1n) is 44.7. The van der Waals surface area contributed by atoms with Gasteiger partial charge in [0.15, 0.2) is 0 Å². The number of ketones is 1. The van der Waals surface area contributed by atoms with Gasteiger partial charge in [0.05, 0.1) is 78.6 Å². The smallest absolute Gasteiger partial charge is 0.399 e. The fraction of sp³-hybridized carbons (Fsp3) is 0.571. The molecule has 0 aromatic heterocycles. The maximum Gasteiger partial charge on any atom is 0.494 e. The summed E-state index contributed by atoms with van der Waals surface area (Å²) in [6.45, 7) is 54.4. The topological polar surface area (TPSA) is 239 Å². The molecule has 0 bridgehead atoms. The summed E-state index contributed by atoms with van der Waals surface area (Å²) in [5.41, 5.74) is 14.4. The molecule has 4 saturated heterocycles. The van der Waals surface area contributed by atoms with Gasteiger partial charge in [0.2, 0.25) is 29.5 Å². The Kier molecular flexibility index (Phi) is 22.5. The van der Waals surface area contributed by atoms with Gasteiger partial charge in [0.1, 0.15) is 5.78 Å². The van der Waals surface area contributed by atoms with E-state index < -0.39 is 89.2 Å². The fourth-order valence-corrected chi connectivity index (χ4v) is 18.8. The third-order valence-corrected chi connectivity index (χ3v) is 30.4. The number of Topliss-reactive ketones (excluding diaryl/α,β-unsaturated/α-hetero) is 1. The van der Waals surface area contributed by atoms with E-state index in [2.05, 4.69) is 168 Å². The van der Waals surface area contributed by atoms with Crippen molar-refractivity contribution in [3.05, 3.63) is 167 Å². The summed E-state index contributed by atoms with van der Waals surface area (Å²) in [5.74, 6) is 0.791. The SMILES string of the molecule is CC(C)(C)C(=O)NC1CC(N2C(=O)C(C)(C)c3ccc(B4OC(C)(C)C(C)(C)O4)cc32)C1.CC1(C)C(=O)N(C2CC(=O)C2)c2cc(B3OC(C)(C)C(C)(C)O3)ccc21.CC1(C)C(=O)N(C2CC(N)C2)c2cc(B3OC(C)(C)C(C)(C)O3)ccc21.CC1(C)C(=O)N(C2CC(NC(c3ccccc3)c3ccccc3)C2)c2cc(B3OC(C)(C)C(C)(C)O3)ccc21. The number of hydrogen-bond donors (Lipinski definition) is 3. The van der Waals surface area contributed by atoms with Crippen LogP contribution in [0.25, 0.3) is 0 Å². The molecule has 0 unspecified atom stereocenters. The Morgan fingerprint density at radius 1 is 0.358 bits per heavy atom. The van der Waals surface area contributed by atoms with E-state index in [0.29, 0.717) is 18.9 Å².